The monoisotopic (exact) mass is 365 g/mol. The smallest absolute Gasteiger partial charge is 0.167 e. The zero-order chi connectivity index (χ0) is 18.5. The van der Waals surface area contributed by atoms with Crippen LogP contribution < -0.4 is 14.5 Å². The van der Waals surface area contributed by atoms with E-state index in [-0.39, 0.29) is 0 Å². The first-order chi connectivity index (χ1) is 13.3. The van der Waals surface area contributed by atoms with Crippen molar-refractivity contribution < 1.29 is 19.1 Å². The first-order valence-electron chi connectivity index (χ1n) is 9.61. The number of quaternary nitrogens is 2. The number of benzene rings is 2. The second-order valence-corrected chi connectivity index (χ2v) is 7.25. The van der Waals surface area contributed by atoms with Crippen molar-refractivity contribution >= 4 is 0 Å². The van der Waals surface area contributed by atoms with Crippen molar-refractivity contribution in [2.75, 3.05) is 33.3 Å². The van der Waals surface area contributed by atoms with Gasteiger partial charge in [-0.3, -0.25) is 0 Å². The topological polar surface area (TPSA) is 44.1 Å². The van der Waals surface area contributed by atoms with Crippen LogP contribution in [-0.4, -0.2) is 38.4 Å². The average molecular weight is 365 g/mol. The normalized spacial score (nSPS) is 19.7. The van der Waals surface area contributed by atoms with Crippen molar-refractivity contribution in [1.29, 1.82) is 0 Å². The van der Waals surface area contributed by atoms with Gasteiger partial charge in [-0.25, -0.2) is 0 Å². The summed E-state index contributed by atoms with van der Waals surface area (Å²) in [6.45, 7) is 6.72. The molecular formula is C22H27N3O2+2. The number of hydrogen-bond donors (Lipinski definition) is 2. The molecule has 0 bridgehead atoms. The van der Waals surface area contributed by atoms with Crippen molar-refractivity contribution in [2.24, 2.45) is 0 Å². The number of methoxy groups -OCH3 is 1. The van der Waals surface area contributed by atoms with E-state index < -0.39 is 0 Å². The third-order valence-electron chi connectivity index (χ3n) is 5.33. The average Bonchev–Trinajstić information content (AvgIpc) is 3.19. The molecule has 27 heavy (non-hydrogen) atoms. The van der Waals surface area contributed by atoms with Crippen LogP contribution in [0, 0.1) is 0 Å². The first-order valence-corrected chi connectivity index (χ1v) is 9.61. The Kier molecular flexibility index (Phi) is 5.51. The van der Waals surface area contributed by atoms with E-state index in [1.54, 1.807) is 16.9 Å². The van der Waals surface area contributed by atoms with Gasteiger partial charge in [-0.2, -0.15) is 0 Å². The van der Waals surface area contributed by atoms with Gasteiger partial charge >= 0.3 is 0 Å². The molecule has 4 rings (SSSR count). The molecule has 5 heteroatoms. The van der Waals surface area contributed by atoms with Crippen LogP contribution in [0.15, 0.2) is 65.2 Å². The quantitative estimate of drug-likeness (QED) is 0.680. The molecule has 0 amide bonds. The summed E-state index contributed by atoms with van der Waals surface area (Å²) >= 11 is 0. The Hall–Kier alpha value is -2.63. The lowest BCUT2D eigenvalue weighted by Gasteiger charge is -2.29. The lowest BCUT2D eigenvalue weighted by atomic mass is 10.1. The highest BCUT2D eigenvalue weighted by atomic mass is 16.5. The summed E-state index contributed by atoms with van der Waals surface area (Å²) in [5, 5.41) is 4.28. The molecule has 0 radical (unpaired) electrons. The van der Waals surface area contributed by atoms with E-state index in [1.165, 1.54) is 31.7 Å². The van der Waals surface area contributed by atoms with Gasteiger partial charge in [0.15, 0.2) is 5.76 Å². The van der Waals surface area contributed by atoms with Gasteiger partial charge in [-0.1, -0.05) is 35.5 Å². The number of piperazine rings is 1. The minimum absolute atomic E-state index is 0.855. The summed E-state index contributed by atoms with van der Waals surface area (Å²) in [5.41, 5.74) is 3.50. The largest absolute Gasteiger partial charge is 0.497 e. The summed E-state index contributed by atoms with van der Waals surface area (Å²) in [6.07, 6.45) is 0. The maximum atomic E-state index is 5.53. The molecule has 0 unspecified atom stereocenters. The predicted octanol–water partition coefficient (Wildman–Crippen LogP) is 0.834. The number of rotatable bonds is 6. The SMILES string of the molecule is COc1ccc(C[NH+]2CC[NH+](Cc3cc(-c4ccccc4)on3)CC2)cc1. The zero-order valence-electron chi connectivity index (χ0n) is 15.8. The van der Waals surface area contributed by atoms with Crippen LogP contribution in [-0.2, 0) is 13.1 Å². The summed E-state index contributed by atoms with van der Waals surface area (Å²) in [4.78, 5) is 3.23. The minimum atomic E-state index is 0.855. The molecule has 2 N–H and O–H groups in total. The Labute approximate surface area is 160 Å². The molecule has 1 fully saturated rings. The first kappa shape index (κ1) is 17.8. The molecule has 3 aromatic rings. The predicted molar refractivity (Wildman–Crippen MR) is 104 cm³/mol. The molecule has 0 saturated carbocycles. The number of aromatic nitrogens is 1. The van der Waals surface area contributed by atoms with Gasteiger partial charge in [0, 0.05) is 17.2 Å². The highest BCUT2D eigenvalue weighted by Gasteiger charge is 2.24. The van der Waals surface area contributed by atoms with Crippen LogP contribution in [0.1, 0.15) is 11.3 Å². The highest BCUT2D eigenvalue weighted by Crippen LogP contribution is 2.19. The van der Waals surface area contributed by atoms with Gasteiger partial charge in [-0.15, -0.1) is 0 Å². The van der Waals surface area contributed by atoms with Gasteiger partial charge < -0.3 is 19.1 Å². The third-order valence-corrected chi connectivity index (χ3v) is 5.33. The summed E-state index contributed by atoms with van der Waals surface area (Å²) < 4.78 is 10.8. The molecule has 2 heterocycles. The van der Waals surface area contributed by atoms with Crippen LogP contribution in [0.25, 0.3) is 11.3 Å². The molecule has 1 aliphatic heterocycles. The van der Waals surface area contributed by atoms with Crippen molar-refractivity contribution in [1.82, 2.24) is 5.16 Å². The van der Waals surface area contributed by atoms with E-state index in [9.17, 15) is 0 Å². The third kappa shape index (κ3) is 4.56. The molecular weight excluding hydrogens is 338 g/mol. The Morgan fingerprint density at radius 2 is 1.56 bits per heavy atom. The van der Waals surface area contributed by atoms with Gasteiger partial charge in [0.2, 0.25) is 0 Å². The van der Waals surface area contributed by atoms with Crippen LogP contribution in [0.4, 0.5) is 0 Å². The standard InChI is InChI=1S/C22H25N3O2/c1-26-21-9-7-18(8-10-21)16-24-11-13-25(14-12-24)17-20-15-22(27-23-20)19-5-3-2-4-6-19/h2-10,15H,11-14,16-17H2,1H3/p+2. The second kappa shape index (κ2) is 8.37. The molecule has 5 nitrogen and oxygen atoms in total. The highest BCUT2D eigenvalue weighted by molar-refractivity contribution is 5.56. The van der Waals surface area contributed by atoms with Crippen molar-refractivity contribution in [3.8, 4) is 17.1 Å². The Bertz CT molecular complexity index is 838. The van der Waals surface area contributed by atoms with E-state index in [0.717, 1.165) is 35.9 Å². The van der Waals surface area contributed by atoms with Gasteiger partial charge in [0.1, 0.15) is 50.7 Å². The van der Waals surface area contributed by atoms with Gasteiger partial charge in [0.05, 0.1) is 7.11 Å². The minimum Gasteiger partial charge on any atom is -0.497 e. The zero-order valence-corrected chi connectivity index (χ0v) is 15.8. The maximum Gasteiger partial charge on any atom is 0.167 e. The molecule has 0 atom stereocenters. The molecule has 0 spiro atoms. The lowest BCUT2D eigenvalue weighted by molar-refractivity contribution is -1.02. The van der Waals surface area contributed by atoms with E-state index >= 15 is 0 Å². The lowest BCUT2D eigenvalue weighted by Crippen LogP contribution is -3.27. The fraction of sp³-hybridized carbons (Fsp3) is 0.318. The van der Waals surface area contributed by atoms with Crippen molar-refractivity contribution in [3.63, 3.8) is 0 Å². The second-order valence-electron chi connectivity index (χ2n) is 7.25. The van der Waals surface area contributed by atoms with E-state index in [0.29, 0.717) is 0 Å². The molecule has 1 aromatic heterocycles. The molecule has 0 aliphatic carbocycles. The van der Waals surface area contributed by atoms with Crippen molar-refractivity contribution in [2.45, 2.75) is 13.1 Å². The summed E-state index contributed by atoms with van der Waals surface area (Å²) in [5.74, 6) is 1.78. The Balaban J connectivity index is 1.27. The fourth-order valence-corrected chi connectivity index (χ4v) is 3.73. The van der Waals surface area contributed by atoms with E-state index in [4.69, 9.17) is 9.26 Å². The Morgan fingerprint density at radius 3 is 2.22 bits per heavy atom. The van der Waals surface area contributed by atoms with E-state index in [1.807, 2.05) is 30.3 Å². The summed E-state index contributed by atoms with van der Waals surface area (Å²) in [7, 11) is 1.71. The number of hydrogen-bond acceptors (Lipinski definition) is 3. The van der Waals surface area contributed by atoms with Gasteiger partial charge in [0.25, 0.3) is 0 Å². The van der Waals surface area contributed by atoms with Crippen LogP contribution in [0.2, 0.25) is 0 Å². The number of nitrogens with one attached hydrogen (secondary N) is 2. The maximum absolute atomic E-state index is 5.53. The van der Waals surface area contributed by atoms with Crippen LogP contribution in [0.3, 0.4) is 0 Å². The molecule has 1 saturated heterocycles. The van der Waals surface area contributed by atoms with Crippen LogP contribution >= 0.6 is 0 Å². The van der Waals surface area contributed by atoms with Crippen molar-refractivity contribution in [3.05, 3.63) is 71.9 Å². The molecule has 2 aromatic carbocycles. The fourth-order valence-electron chi connectivity index (χ4n) is 3.73. The Morgan fingerprint density at radius 1 is 0.889 bits per heavy atom. The molecule has 1 aliphatic rings. The summed E-state index contributed by atoms with van der Waals surface area (Å²) in [6, 6.07) is 20.7. The number of ether oxygens (including phenoxy) is 1. The van der Waals surface area contributed by atoms with Crippen LogP contribution in [0.5, 0.6) is 5.75 Å². The molecule has 140 valence electrons. The van der Waals surface area contributed by atoms with E-state index in [2.05, 4.69) is 35.5 Å². The number of nitrogens with zero attached hydrogens (tertiary/aromatic N) is 1. The van der Waals surface area contributed by atoms with Gasteiger partial charge in [-0.05, 0) is 24.3 Å².